The highest BCUT2D eigenvalue weighted by molar-refractivity contribution is 5.82. The van der Waals surface area contributed by atoms with E-state index in [0.29, 0.717) is 19.8 Å². The molecule has 1 aromatic rings. The van der Waals surface area contributed by atoms with E-state index in [1.807, 2.05) is 37.3 Å². The van der Waals surface area contributed by atoms with Gasteiger partial charge in [0.2, 0.25) is 5.91 Å². The molecule has 1 heterocycles. The fraction of sp³-hybridized carbons (Fsp3) is 0.533. The fourth-order valence-electron chi connectivity index (χ4n) is 2.17. The Morgan fingerprint density at radius 1 is 1.45 bits per heavy atom. The minimum Gasteiger partial charge on any atom is -0.492 e. The van der Waals surface area contributed by atoms with E-state index in [-0.39, 0.29) is 18.1 Å². The van der Waals surface area contributed by atoms with Crippen LogP contribution in [0.2, 0.25) is 0 Å². The molecule has 1 N–H and O–H groups in total. The maximum atomic E-state index is 12.3. The minimum absolute atomic E-state index is 0.0499. The zero-order valence-electron chi connectivity index (χ0n) is 12.0. The Morgan fingerprint density at radius 2 is 2.20 bits per heavy atom. The number of carbonyl (C=O) groups is 1. The van der Waals surface area contributed by atoms with E-state index in [2.05, 4.69) is 5.32 Å². The highest BCUT2D eigenvalue weighted by atomic mass is 16.5. The van der Waals surface area contributed by atoms with Gasteiger partial charge in [-0.2, -0.15) is 0 Å². The molecule has 110 valence electrons. The molecule has 0 bridgehead atoms. The molecule has 1 aliphatic rings. The maximum Gasteiger partial charge on any atom is 0.242 e. The fourth-order valence-corrected chi connectivity index (χ4v) is 2.17. The Labute approximate surface area is 119 Å². The van der Waals surface area contributed by atoms with E-state index in [1.165, 1.54) is 0 Å². The van der Waals surface area contributed by atoms with Crippen molar-refractivity contribution in [3.8, 4) is 5.75 Å². The van der Waals surface area contributed by atoms with Gasteiger partial charge in [-0.1, -0.05) is 18.2 Å². The molecular formula is C15H22N2O3. The molecular weight excluding hydrogens is 256 g/mol. The summed E-state index contributed by atoms with van der Waals surface area (Å²) in [6, 6.07) is 9.34. The van der Waals surface area contributed by atoms with Gasteiger partial charge in [0.15, 0.2) is 0 Å². The Bertz CT molecular complexity index is 424. The summed E-state index contributed by atoms with van der Waals surface area (Å²) in [5, 5.41) is 3.20. The van der Waals surface area contributed by atoms with Gasteiger partial charge in [-0.3, -0.25) is 4.79 Å². The number of hydrogen-bond acceptors (Lipinski definition) is 4. The molecule has 2 rings (SSSR count). The summed E-state index contributed by atoms with van der Waals surface area (Å²) in [7, 11) is 1.79. The molecule has 1 saturated heterocycles. The third-order valence-electron chi connectivity index (χ3n) is 3.40. The first-order chi connectivity index (χ1) is 9.68. The van der Waals surface area contributed by atoms with Gasteiger partial charge < -0.3 is 19.7 Å². The van der Waals surface area contributed by atoms with Gasteiger partial charge in [-0.15, -0.1) is 0 Å². The van der Waals surface area contributed by atoms with Crippen molar-refractivity contribution in [2.24, 2.45) is 0 Å². The summed E-state index contributed by atoms with van der Waals surface area (Å²) in [5.74, 6) is 0.870. The van der Waals surface area contributed by atoms with Crippen LogP contribution in [0.3, 0.4) is 0 Å². The molecule has 1 aliphatic heterocycles. The van der Waals surface area contributed by atoms with Crippen LogP contribution in [0.1, 0.15) is 6.92 Å². The first-order valence-electron chi connectivity index (χ1n) is 6.96. The highest BCUT2D eigenvalue weighted by Gasteiger charge is 2.30. The zero-order valence-corrected chi connectivity index (χ0v) is 12.0. The van der Waals surface area contributed by atoms with Gasteiger partial charge in [0.25, 0.3) is 0 Å². The third kappa shape index (κ3) is 3.95. The summed E-state index contributed by atoms with van der Waals surface area (Å²) in [6.07, 6.45) is -0.0891. The number of nitrogens with zero attached hydrogens (tertiary/aromatic N) is 1. The van der Waals surface area contributed by atoms with Crippen molar-refractivity contribution >= 4 is 5.91 Å². The van der Waals surface area contributed by atoms with E-state index >= 15 is 0 Å². The second-order valence-corrected chi connectivity index (χ2v) is 4.93. The zero-order chi connectivity index (χ0) is 14.4. The predicted octanol–water partition coefficient (Wildman–Crippen LogP) is 0.901. The molecule has 0 saturated carbocycles. The van der Waals surface area contributed by atoms with Crippen molar-refractivity contribution < 1.29 is 14.3 Å². The van der Waals surface area contributed by atoms with E-state index in [9.17, 15) is 4.79 Å². The maximum absolute atomic E-state index is 12.3. The van der Waals surface area contributed by atoms with Crippen molar-refractivity contribution in [3.63, 3.8) is 0 Å². The Kier molecular flexibility index (Phi) is 5.38. The number of hydrogen-bond donors (Lipinski definition) is 1. The molecule has 0 unspecified atom stereocenters. The standard InChI is InChI=1S/C15H22N2O3/c1-12-14(16-8-10-19-12)15(18)17(2)9-11-20-13-6-4-3-5-7-13/h3-7,12,14,16H,8-11H2,1-2H3/t12-,14+/m1/s1. The molecule has 0 aliphatic carbocycles. The van der Waals surface area contributed by atoms with E-state index in [1.54, 1.807) is 11.9 Å². The lowest BCUT2D eigenvalue weighted by Gasteiger charge is -2.32. The summed E-state index contributed by atoms with van der Waals surface area (Å²) in [5.41, 5.74) is 0. The smallest absolute Gasteiger partial charge is 0.242 e. The number of likely N-dealkylation sites (N-methyl/N-ethyl adjacent to an activating group) is 1. The summed E-state index contributed by atoms with van der Waals surface area (Å²) < 4.78 is 11.1. The van der Waals surface area contributed by atoms with Gasteiger partial charge >= 0.3 is 0 Å². The monoisotopic (exact) mass is 278 g/mol. The van der Waals surface area contributed by atoms with Crippen LogP contribution in [0.5, 0.6) is 5.75 Å². The average Bonchev–Trinajstić information content (AvgIpc) is 2.48. The number of para-hydroxylation sites is 1. The van der Waals surface area contributed by atoms with Crippen LogP contribution in [-0.2, 0) is 9.53 Å². The largest absolute Gasteiger partial charge is 0.492 e. The molecule has 2 atom stereocenters. The SMILES string of the molecule is C[C@H]1OCCN[C@@H]1C(=O)N(C)CCOc1ccccc1. The van der Waals surface area contributed by atoms with Crippen molar-refractivity contribution in [3.05, 3.63) is 30.3 Å². The van der Waals surface area contributed by atoms with Crippen LogP contribution < -0.4 is 10.1 Å². The average molecular weight is 278 g/mol. The van der Waals surface area contributed by atoms with Gasteiger partial charge in [0.05, 0.1) is 19.3 Å². The van der Waals surface area contributed by atoms with E-state index in [4.69, 9.17) is 9.47 Å². The number of morpholine rings is 1. The van der Waals surface area contributed by atoms with Crippen LogP contribution >= 0.6 is 0 Å². The van der Waals surface area contributed by atoms with Crippen LogP contribution in [0, 0.1) is 0 Å². The number of amides is 1. The molecule has 1 aromatic carbocycles. The Balaban J connectivity index is 1.76. The van der Waals surface area contributed by atoms with Gasteiger partial charge in [0, 0.05) is 13.6 Å². The van der Waals surface area contributed by atoms with Crippen molar-refractivity contribution in [1.29, 1.82) is 0 Å². The highest BCUT2D eigenvalue weighted by Crippen LogP contribution is 2.09. The number of rotatable bonds is 5. The lowest BCUT2D eigenvalue weighted by atomic mass is 10.1. The summed E-state index contributed by atoms with van der Waals surface area (Å²) >= 11 is 0. The van der Waals surface area contributed by atoms with E-state index in [0.717, 1.165) is 12.3 Å². The number of benzene rings is 1. The normalized spacial score (nSPS) is 22.3. The van der Waals surface area contributed by atoms with Crippen molar-refractivity contribution in [2.45, 2.75) is 19.1 Å². The molecule has 0 radical (unpaired) electrons. The third-order valence-corrected chi connectivity index (χ3v) is 3.40. The van der Waals surface area contributed by atoms with Crippen LogP contribution in [-0.4, -0.2) is 56.3 Å². The van der Waals surface area contributed by atoms with Gasteiger partial charge in [-0.25, -0.2) is 0 Å². The molecule has 0 aromatic heterocycles. The number of ether oxygens (including phenoxy) is 2. The quantitative estimate of drug-likeness (QED) is 0.869. The van der Waals surface area contributed by atoms with Crippen molar-refractivity contribution in [1.82, 2.24) is 10.2 Å². The first-order valence-corrected chi connectivity index (χ1v) is 6.96. The van der Waals surface area contributed by atoms with E-state index < -0.39 is 0 Å². The van der Waals surface area contributed by atoms with Crippen LogP contribution in [0.25, 0.3) is 0 Å². The minimum atomic E-state index is -0.259. The number of nitrogens with one attached hydrogen (secondary N) is 1. The predicted molar refractivity (Wildman–Crippen MR) is 76.8 cm³/mol. The van der Waals surface area contributed by atoms with Gasteiger partial charge in [0.1, 0.15) is 18.4 Å². The molecule has 20 heavy (non-hydrogen) atoms. The number of carbonyl (C=O) groups excluding carboxylic acids is 1. The molecule has 1 amide bonds. The molecule has 0 spiro atoms. The topological polar surface area (TPSA) is 50.8 Å². The second kappa shape index (κ2) is 7.26. The lowest BCUT2D eigenvalue weighted by molar-refractivity contribution is -0.138. The van der Waals surface area contributed by atoms with Crippen LogP contribution in [0.15, 0.2) is 30.3 Å². The molecule has 5 nitrogen and oxygen atoms in total. The first kappa shape index (κ1) is 14.8. The van der Waals surface area contributed by atoms with Gasteiger partial charge in [-0.05, 0) is 19.1 Å². The molecule has 5 heteroatoms. The lowest BCUT2D eigenvalue weighted by Crippen LogP contribution is -2.56. The Hall–Kier alpha value is -1.59. The second-order valence-electron chi connectivity index (χ2n) is 4.93. The Morgan fingerprint density at radius 3 is 2.90 bits per heavy atom. The summed E-state index contributed by atoms with van der Waals surface area (Å²) in [6.45, 7) is 4.33. The van der Waals surface area contributed by atoms with Crippen molar-refractivity contribution in [2.75, 3.05) is 33.4 Å². The van der Waals surface area contributed by atoms with Crippen LogP contribution in [0.4, 0.5) is 0 Å². The molecule has 1 fully saturated rings. The summed E-state index contributed by atoms with van der Waals surface area (Å²) in [4.78, 5) is 14.0.